The van der Waals surface area contributed by atoms with Gasteiger partial charge < -0.3 is 30.1 Å². The number of aryl methyl sites for hydroxylation is 1. The van der Waals surface area contributed by atoms with Crippen LogP contribution in [0.3, 0.4) is 0 Å². The highest BCUT2D eigenvalue weighted by Crippen LogP contribution is 2.26. The number of anilines is 2. The molecule has 0 aliphatic heterocycles. The Labute approximate surface area is 221 Å². The lowest BCUT2D eigenvalue weighted by molar-refractivity contribution is -0.130. The van der Waals surface area contributed by atoms with Gasteiger partial charge in [0.15, 0.2) is 0 Å². The topological polar surface area (TPSA) is 117 Å². The largest absolute Gasteiger partial charge is 0.495 e. The van der Waals surface area contributed by atoms with Gasteiger partial charge in [-0.15, -0.1) is 6.58 Å². The summed E-state index contributed by atoms with van der Waals surface area (Å²) in [5, 5.41) is 14.6. The summed E-state index contributed by atoms with van der Waals surface area (Å²) in [6.07, 6.45) is 1.76. The number of urea groups is 1. The molecule has 0 spiro atoms. The van der Waals surface area contributed by atoms with Crippen molar-refractivity contribution in [2.75, 3.05) is 37.4 Å². The van der Waals surface area contributed by atoms with Gasteiger partial charge in [-0.3, -0.25) is 4.79 Å². The molecule has 38 heavy (non-hydrogen) atoms. The molecule has 0 saturated heterocycles. The molecule has 198 valence electrons. The molecule has 0 unspecified atom stereocenters. The van der Waals surface area contributed by atoms with E-state index < -0.39 is 12.0 Å². The maximum Gasteiger partial charge on any atom is 0.335 e. The Bertz CT molecular complexity index is 1290. The smallest absolute Gasteiger partial charge is 0.335 e. The van der Waals surface area contributed by atoms with Gasteiger partial charge >= 0.3 is 12.0 Å². The predicted octanol–water partition coefficient (Wildman–Crippen LogP) is 4.98. The third-order valence-electron chi connectivity index (χ3n) is 5.70. The molecule has 0 aliphatic carbocycles. The standard InChI is InChI=1S/C29H31N3O6/c1-4-15-32(16-17-38-23-12-10-22(11-13-23)28(34)35)27(33)19-21-9-14-25(26(18-21)37-3)31-29(36)30-24-8-6-5-7-20(24)2/h4-14,18H,1,15-17,19H2,2-3H3,(H,34,35)(H2,30,31,36). The molecule has 0 bridgehead atoms. The Morgan fingerprint density at radius 2 is 1.71 bits per heavy atom. The average Bonchev–Trinajstić information content (AvgIpc) is 2.90. The Balaban J connectivity index is 1.58. The molecule has 0 heterocycles. The molecule has 0 saturated carbocycles. The number of carbonyl (C=O) groups excluding carboxylic acids is 2. The van der Waals surface area contributed by atoms with Crippen LogP contribution in [-0.2, 0) is 11.2 Å². The maximum absolute atomic E-state index is 13.0. The van der Waals surface area contributed by atoms with E-state index in [1.807, 2.05) is 31.2 Å². The average molecular weight is 518 g/mol. The van der Waals surface area contributed by atoms with Crippen LogP contribution in [0.2, 0.25) is 0 Å². The van der Waals surface area contributed by atoms with Gasteiger partial charge in [-0.2, -0.15) is 0 Å². The number of benzene rings is 3. The molecule has 0 fully saturated rings. The van der Waals surface area contributed by atoms with Crippen molar-refractivity contribution in [3.8, 4) is 11.5 Å². The zero-order valence-electron chi connectivity index (χ0n) is 21.4. The lowest BCUT2D eigenvalue weighted by Gasteiger charge is -2.22. The van der Waals surface area contributed by atoms with Crippen molar-refractivity contribution < 1.29 is 29.0 Å². The van der Waals surface area contributed by atoms with Crippen LogP contribution in [0.25, 0.3) is 0 Å². The van der Waals surface area contributed by atoms with Crippen LogP contribution in [0.5, 0.6) is 11.5 Å². The number of amides is 3. The summed E-state index contributed by atoms with van der Waals surface area (Å²) in [7, 11) is 1.50. The van der Waals surface area contributed by atoms with E-state index in [4.69, 9.17) is 14.6 Å². The molecule has 9 heteroatoms. The number of aromatic carboxylic acids is 1. The van der Waals surface area contributed by atoms with Crippen molar-refractivity contribution in [1.29, 1.82) is 0 Å². The number of carboxylic acids is 1. The fourth-order valence-electron chi connectivity index (χ4n) is 3.67. The molecule has 3 aromatic rings. The summed E-state index contributed by atoms with van der Waals surface area (Å²) in [4.78, 5) is 38.1. The van der Waals surface area contributed by atoms with Crippen LogP contribution in [0.4, 0.5) is 16.2 Å². The summed E-state index contributed by atoms with van der Waals surface area (Å²) in [6, 6.07) is 18.3. The van der Waals surface area contributed by atoms with Crippen molar-refractivity contribution in [1.82, 2.24) is 4.90 Å². The van der Waals surface area contributed by atoms with Gasteiger partial charge in [-0.05, 0) is 60.5 Å². The predicted molar refractivity (Wildman–Crippen MR) is 146 cm³/mol. The second kappa shape index (κ2) is 13.5. The first kappa shape index (κ1) is 27.8. The highest BCUT2D eigenvalue weighted by Gasteiger charge is 2.16. The van der Waals surface area contributed by atoms with E-state index in [0.717, 1.165) is 11.1 Å². The molecular weight excluding hydrogens is 486 g/mol. The summed E-state index contributed by atoms with van der Waals surface area (Å²) in [6.45, 7) is 6.53. The van der Waals surface area contributed by atoms with Crippen molar-refractivity contribution in [2.45, 2.75) is 13.3 Å². The van der Waals surface area contributed by atoms with Gasteiger partial charge in [-0.1, -0.05) is 30.3 Å². The number of hydrogen-bond acceptors (Lipinski definition) is 5. The zero-order chi connectivity index (χ0) is 27.5. The van der Waals surface area contributed by atoms with Gasteiger partial charge in [0.05, 0.1) is 31.3 Å². The fraction of sp³-hybridized carbons (Fsp3) is 0.207. The molecule has 0 radical (unpaired) electrons. The fourth-order valence-corrected chi connectivity index (χ4v) is 3.67. The quantitative estimate of drug-likeness (QED) is 0.292. The molecule has 0 atom stereocenters. The number of carboxylic acid groups (broad SMARTS) is 1. The Morgan fingerprint density at radius 3 is 2.37 bits per heavy atom. The van der Waals surface area contributed by atoms with Gasteiger partial charge in [-0.25, -0.2) is 9.59 Å². The molecule has 3 aromatic carbocycles. The van der Waals surface area contributed by atoms with Gasteiger partial charge in [0.1, 0.15) is 18.1 Å². The lowest BCUT2D eigenvalue weighted by Crippen LogP contribution is -2.35. The number of para-hydroxylation sites is 1. The second-order valence-electron chi connectivity index (χ2n) is 8.41. The molecule has 9 nitrogen and oxygen atoms in total. The molecular formula is C29H31N3O6. The van der Waals surface area contributed by atoms with Gasteiger partial charge in [0, 0.05) is 12.2 Å². The Morgan fingerprint density at radius 1 is 1.00 bits per heavy atom. The Kier molecular flexibility index (Phi) is 9.87. The number of ether oxygens (including phenoxy) is 2. The first-order valence-corrected chi connectivity index (χ1v) is 12.0. The summed E-state index contributed by atoms with van der Waals surface area (Å²) in [5.74, 6) is -0.195. The number of methoxy groups -OCH3 is 1. The first-order valence-electron chi connectivity index (χ1n) is 12.0. The monoisotopic (exact) mass is 517 g/mol. The number of rotatable bonds is 12. The van der Waals surface area contributed by atoms with E-state index in [9.17, 15) is 14.4 Å². The highest BCUT2D eigenvalue weighted by molar-refractivity contribution is 6.01. The summed E-state index contributed by atoms with van der Waals surface area (Å²) in [5.41, 5.74) is 3.00. The van der Waals surface area contributed by atoms with Crippen LogP contribution in [0.15, 0.2) is 79.4 Å². The van der Waals surface area contributed by atoms with Crippen LogP contribution in [0.1, 0.15) is 21.5 Å². The minimum absolute atomic E-state index is 0.118. The van der Waals surface area contributed by atoms with Gasteiger partial charge in [0.25, 0.3) is 0 Å². The van der Waals surface area contributed by atoms with Crippen molar-refractivity contribution in [2.24, 2.45) is 0 Å². The number of nitrogens with zero attached hydrogens (tertiary/aromatic N) is 1. The summed E-state index contributed by atoms with van der Waals surface area (Å²) >= 11 is 0. The normalized spacial score (nSPS) is 10.3. The van der Waals surface area contributed by atoms with Gasteiger partial charge in [0.2, 0.25) is 5.91 Å². The van der Waals surface area contributed by atoms with Crippen LogP contribution >= 0.6 is 0 Å². The maximum atomic E-state index is 13.0. The minimum atomic E-state index is -1.01. The third-order valence-corrected chi connectivity index (χ3v) is 5.70. The number of hydrogen-bond donors (Lipinski definition) is 3. The van der Waals surface area contributed by atoms with Crippen molar-refractivity contribution >= 4 is 29.3 Å². The Hall–Kier alpha value is -4.79. The number of nitrogens with one attached hydrogen (secondary N) is 2. The minimum Gasteiger partial charge on any atom is -0.495 e. The van der Waals surface area contributed by atoms with Crippen molar-refractivity contribution in [3.05, 3.63) is 96.1 Å². The molecule has 3 amide bonds. The zero-order valence-corrected chi connectivity index (χ0v) is 21.4. The van der Waals surface area contributed by atoms with Crippen LogP contribution in [-0.4, -0.2) is 54.7 Å². The number of carbonyl (C=O) groups is 3. The summed E-state index contributed by atoms with van der Waals surface area (Å²) < 4.78 is 11.1. The van der Waals surface area contributed by atoms with E-state index in [-0.39, 0.29) is 24.5 Å². The van der Waals surface area contributed by atoms with E-state index in [2.05, 4.69) is 17.2 Å². The lowest BCUT2D eigenvalue weighted by atomic mass is 10.1. The van der Waals surface area contributed by atoms with E-state index >= 15 is 0 Å². The molecule has 0 aliphatic rings. The van der Waals surface area contributed by atoms with Crippen LogP contribution in [0, 0.1) is 6.92 Å². The molecule has 3 N–H and O–H groups in total. The molecule has 0 aromatic heterocycles. The second-order valence-corrected chi connectivity index (χ2v) is 8.41. The van der Waals surface area contributed by atoms with E-state index in [1.54, 1.807) is 41.3 Å². The highest BCUT2D eigenvalue weighted by atomic mass is 16.5. The third kappa shape index (κ3) is 7.86. The van der Waals surface area contributed by atoms with Crippen LogP contribution < -0.4 is 20.1 Å². The van der Waals surface area contributed by atoms with E-state index in [0.29, 0.717) is 36.0 Å². The SMILES string of the molecule is C=CCN(CCOc1ccc(C(=O)O)cc1)C(=O)Cc1ccc(NC(=O)Nc2ccccc2C)c(OC)c1. The first-order chi connectivity index (χ1) is 18.3. The van der Waals surface area contributed by atoms with Crippen molar-refractivity contribution in [3.63, 3.8) is 0 Å². The molecule has 3 rings (SSSR count). The van der Waals surface area contributed by atoms with E-state index in [1.165, 1.54) is 19.2 Å².